The van der Waals surface area contributed by atoms with E-state index in [4.69, 9.17) is 4.74 Å². The lowest BCUT2D eigenvalue weighted by atomic mass is 10.1. The number of aromatic amines is 1. The van der Waals surface area contributed by atoms with Crippen LogP contribution < -0.4 is 4.74 Å². The molecule has 0 bridgehead atoms. The molecule has 0 saturated heterocycles. The Hall–Kier alpha value is -2.11. The highest BCUT2D eigenvalue weighted by atomic mass is 16.5. The largest absolute Gasteiger partial charge is 0.507 e. The number of ether oxygens (including phenoxy) is 1. The summed E-state index contributed by atoms with van der Waals surface area (Å²) in [6, 6.07) is 6.33. The number of hydrogen-bond donors (Lipinski definition) is 2. The van der Waals surface area contributed by atoms with Gasteiger partial charge in [0.2, 0.25) is 0 Å². The van der Waals surface area contributed by atoms with Crippen molar-refractivity contribution in [3.05, 3.63) is 29.6 Å². The topological polar surface area (TPSA) is 83.9 Å². The second-order valence-corrected chi connectivity index (χ2v) is 4.57. The van der Waals surface area contributed by atoms with Crippen molar-refractivity contribution in [3.8, 4) is 11.5 Å². The SMILES string of the molecule is CCCc1c(O)[c]ccc1OCCCCc1nnn[nH]1. The van der Waals surface area contributed by atoms with Crippen LogP contribution in [0.2, 0.25) is 0 Å². The summed E-state index contributed by atoms with van der Waals surface area (Å²) in [5.74, 6) is 1.74. The number of aromatic hydroxyl groups is 1. The van der Waals surface area contributed by atoms with Gasteiger partial charge in [0, 0.05) is 18.1 Å². The molecule has 0 saturated carbocycles. The molecule has 1 heterocycles. The van der Waals surface area contributed by atoms with Gasteiger partial charge in [0.1, 0.15) is 17.3 Å². The van der Waals surface area contributed by atoms with Gasteiger partial charge in [-0.05, 0) is 41.8 Å². The smallest absolute Gasteiger partial charge is 0.148 e. The fourth-order valence-electron chi connectivity index (χ4n) is 1.99. The molecule has 0 aliphatic carbocycles. The fourth-order valence-corrected chi connectivity index (χ4v) is 1.99. The molecular weight excluding hydrogens is 256 g/mol. The molecule has 0 unspecified atom stereocenters. The third-order valence-corrected chi connectivity index (χ3v) is 2.99. The van der Waals surface area contributed by atoms with Crippen molar-refractivity contribution in [1.82, 2.24) is 20.6 Å². The third kappa shape index (κ3) is 3.94. The van der Waals surface area contributed by atoms with Crippen LogP contribution in [0, 0.1) is 6.07 Å². The average molecular weight is 275 g/mol. The minimum absolute atomic E-state index is 0.192. The number of benzene rings is 1. The number of phenols is 1. The Morgan fingerprint density at radius 3 is 3.00 bits per heavy atom. The molecule has 1 aromatic carbocycles. The zero-order valence-corrected chi connectivity index (χ0v) is 11.6. The maximum atomic E-state index is 9.79. The van der Waals surface area contributed by atoms with Crippen molar-refractivity contribution in [2.24, 2.45) is 0 Å². The monoisotopic (exact) mass is 275 g/mol. The maximum Gasteiger partial charge on any atom is 0.148 e. The summed E-state index contributed by atoms with van der Waals surface area (Å²) in [6.07, 6.45) is 4.42. The van der Waals surface area contributed by atoms with Gasteiger partial charge in [-0.2, -0.15) is 0 Å². The van der Waals surface area contributed by atoms with Gasteiger partial charge in [-0.15, -0.1) is 5.10 Å². The van der Waals surface area contributed by atoms with Crippen LogP contribution in [0.5, 0.6) is 11.5 Å². The first kappa shape index (κ1) is 14.3. The summed E-state index contributed by atoms with van der Waals surface area (Å²) in [4.78, 5) is 0. The molecule has 1 radical (unpaired) electrons. The third-order valence-electron chi connectivity index (χ3n) is 2.99. The summed E-state index contributed by atoms with van der Waals surface area (Å²) >= 11 is 0. The summed E-state index contributed by atoms with van der Waals surface area (Å²) in [7, 11) is 0. The molecule has 0 spiro atoms. The molecule has 6 heteroatoms. The number of unbranched alkanes of at least 4 members (excludes halogenated alkanes) is 1. The standard InChI is InChI=1S/C14H19N4O2/c1-2-6-11-12(19)7-5-8-13(11)20-10-4-3-9-14-15-17-18-16-14/h5,8,19H,2-4,6,9-10H2,1H3,(H,15,16,17,18). The Morgan fingerprint density at radius 1 is 1.35 bits per heavy atom. The normalized spacial score (nSPS) is 10.7. The Labute approximate surface area is 118 Å². The van der Waals surface area contributed by atoms with Gasteiger partial charge in [-0.3, -0.25) is 0 Å². The van der Waals surface area contributed by atoms with Gasteiger partial charge >= 0.3 is 0 Å². The Bertz CT molecular complexity index is 514. The predicted octanol–water partition coefficient (Wildman–Crippen LogP) is 2.06. The summed E-state index contributed by atoms with van der Waals surface area (Å²) < 4.78 is 5.75. The van der Waals surface area contributed by atoms with Gasteiger partial charge in [-0.1, -0.05) is 13.3 Å². The van der Waals surface area contributed by atoms with Crippen molar-refractivity contribution in [1.29, 1.82) is 0 Å². The fraction of sp³-hybridized carbons (Fsp3) is 0.500. The van der Waals surface area contributed by atoms with Gasteiger partial charge in [0.15, 0.2) is 0 Å². The van der Waals surface area contributed by atoms with E-state index in [1.165, 1.54) is 0 Å². The first-order chi connectivity index (χ1) is 9.81. The molecule has 2 aromatic rings. The average Bonchev–Trinajstić information content (AvgIpc) is 2.95. The number of phenolic OH excluding ortho intramolecular Hbond substituents is 1. The number of tetrazole rings is 1. The second kappa shape index (κ2) is 7.47. The van der Waals surface area contributed by atoms with Gasteiger partial charge < -0.3 is 9.84 Å². The van der Waals surface area contributed by atoms with E-state index in [0.717, 1.165) is 49.2 Å². The molecular formula is C14H19N4O2. The molecule has 20 heavy (non-hydrogen) atoms. The quantitative estimate of drug-likeness (QED) is 0.720. The van der Waals surface area contributed by atoms with Crippen LogP contribution in [0.1, 0.15) is 37.6 Å². The van der Waals surface area contributed by atoms with Crippen LogP contribution in [-0.2, 0) is 12.8 Å². The van der Waals surface area contributed by atoms with Gasteiger partial charge in [-0.25, -0.2) is 5.10 Å². The first-order valence-electron chi connectivity index (χ1n) is 6.89. The summed E-state index contributed by atoms with van der Waals surface area (Å²) in [6.45, 7) is 2.68. The maximum absolute atomic E-state index is 9.79. The number of H-pyrrole nitrogens is 1. The van der Waals surface area contributed by atoms with Crippen molar-refractivity contribution in [3.63, 3.8) is 0 Å². The number of hydrogen-bond acceptors (Lipinski definition) is 5. The van der Waals surface area contributed by atoms with E-state index < -0.39 is 0 Å². The summed E-state index contributed by atoms with van der Waals surface area (Å²) in [5.41, 5.74) is 0.842. The predicted molar refractivity (Wildman–Crippen MR) is 73.5 cm³/mol. The van der Waals surface area contributed by atoms with E-state index in [-0.39, 0.29) is 5.75 Å². The van der Waals surface area contributed by atoms with Crippen LogP contribution >= 0.6 is 0 Å². The number of nitrogens with one attached hydrogen (secondary N) is 1. The van der Waals surface area contributed by atoms with Crippen LogP contribution in [0.4, 0.5) is 0 Å². The van der Waals surface area contributed by atoms with Crippen LogP contribution in [0.15, 0.2) is 12.1 Å². The summed E-state index contributed by atoms with van der Waals surface area (Å²) in [5, 5.41) is 23.4. The molecule has 2 N–H and O–H groups in total. The molecule has 6 nitrogen and oxygen atoms in total. The Balaban J connectivity index is 1.77. The van der Waals surface area contributed by atoms with Gasteiger partial charge in [0.25, 0.3) is 0 Å². The van der Waals surface area contributed by atoms with Crippen molar-refractivity contribution >= 4 is 0 Å². The zero-order chi connectivity index (χ0) is 14.2. The van der Waals surface area contributed by atoms with E-state index >= 15 is 0 Å². The van der Waals surface area contributed by atoms with Crippen LogP contribution in [0.3, 0.4) is 0 Å². The number of rotatable bonds is 8. The van der Waals surface area contributed by atoms with Crippen molar-refractivity contribution in [2.75, 3.05) is 6.61 Å². The lowest BCUT2D eigenvalue weighted by Crippen LogP contribution is -2.01. The lowest BCUT2D eigenvalue weighted by Gasteiger charge is -2.12. The minimum atomic E-state index is 0.192. The van der Waals surface area contributed by atoms with Crippen LogP contribution in [0.25, 0.3) is 0 Å². The highest BCUT2D eigenvalue weighted by molar-refractivity contribution is 5.43. The molecule has 2 rings (SSSR count). The van der Waals surface area contributed by atoms with Crippen LogP contribution in [-0.4, -0.2) is 32.3 Å². The van der Waals surface area contributed by atoms with E-state index in [1.54, 1.807) is 6.07 Å². The van der Waals surface area contributed by atoms with E-state index in [9.17, 15) is 5.11 Å². The van der Waals surface area contributed by atoms with Crippen molar-refractivity contribution in [2.45, 2.75) is 39.0 Å². The number of nitrogens with zero attached hydrogens (tertiary/aromatic N) is 3. The molecule has 0 amide bonds. The van der Waals surface area contributed by atoms with E-state index in [1.807, 2.05) is 6.07 Å². The number of aromatic nitrogens is 4. The van der Waals surface area contributed by atoms with Crippen molar-refractivity contribution < 1.29 is 9.84 Å². The lowest BCUT2D eigenvalue weighted by molar-refractivity contribution is 0.301. The minimum Gasteiger partial charge on any atom is -0.507 e. The Kier molecular flexibility index (Phi) is 5.34. The highest BCUT2D eigenvalue weighted by Gasteiger charge is 2.08. The molecule has 107 valence electrons. The van der Waals surface area contributed by atoms with Gasteiger partial charge in [0.05, 0.1) is 6.61 Å². The molecule has 0 aliphatic heterocycles. The second-order valence-electron chi connectivity index (χ2n) is 4.57. The highest BCUT2D eigenvalue weighted by Crippen LogP contribution is 2.28. The molecule has 1 aromatic heterocycles. The number of aryl methyl sites for hydroxylation is 1. The molecule has 0 atom stereocenters. The first-order valence-corrected chi connectivity index (χ1v) is 6.89. The zero-order valence-electron chi connectivity index (χ0n) is 11.6. The molecule has 0 aliphatic rings. The molecule has 0 fully saturated rings. The van der Waals surface area contributed by atoms with E-state index in [2.05, 4.69) is 33.6 Å². The Morgan fingerprint density at radius 2 is 2.25 bits per heavy atom. The van der Waals surface area contributed by atoms with E-state index in [0.29, 0.717) is 6.61 Å².